The summed E-state index contributed by atoms with van der Waals surface area (Å²) >= 11 is 0. The van der Waals surface area contributed by atoms with Gasteiger partial charge in [0.25, 0.3) is 0 Å². The molecule has 1 aromatic heterocycles. The van der Waals surface area contributed by atoms with E-state index in [2.05, 4.69) is 4.98 Å². The fourth-order valence-corrected chi connectivity index (χ4v) is 2.71. The molecular weight excluding hydrogens is 282 g/mol. The Kier molecular flexibility index (Phi) is 5.32. The van der Waals surface area contributed by atoms with E-state index in [1.54, 1.807) is 6.20 Å². The summed E-state index contributed by atoms with van der Waals surface area (Å²) in [6.45, 7) is 4.43. The summed E-state index contributed by atoms with van der Waals surface area (Å²) in [5.74, 6) is -1.43. The third-order valence-corrected chi connectivity index (χ3v) is 3.72. The number of nitrogens with zero attached hydrogens (tertiary/aromatic N) is 1. The number of carboxylic acids is 1. The van der Waals surface area contributed by atoms with E-state index in [0.717, 1.165) is 12.0 Å². The van der Waals surface area contributed by atoms with E-state index in [0.29, 0.717) is 19.4 Å². The second kappa shape index (κ2) is 7.03. The van der Waals surface area contributed by atoms with Crippen LogP contribution in [0.4, 0.5) is 0 Å². The first kappa shape index (κ1) is 16.6. The molecule has 0 amide bonds. The second-order valence-corrected chi connectivity index (χ2v) is 5.94. The lowest BCUT2D eigenvalue weighted by Crippen LogP contribution is -2.46. The number of carbonyl (C=O) groups is 1. The molecule has 0 aromatic carbocycles. The largest absolute Gasteiger partial charge is 0.481 e. The van der Waals surface area contributed by atoms with Crippen LogP contribution in [0.1, 0.15) is 45.1 Å². The zero-order valence-electron chi connectivity index (χ0n) is 13.1. The molecular formula is C17H23NO4. The summed E-state index contributed by atoms with van der Waals surface area (Å²) < 4.78 is 11.9. The van der Waals surface area contributed by atoms with Crippen LogP contribution in [0.3, 0.4) is 0 Å². The average Bonchev–Trinajstić information content (AvgIpc) is 2.46. The van der Waals surface area contributed by atoms with Gasteiger partial charge in [0, 0.05) is 30.8 Å². The number of hydrogen-bond donors (Lipinski definition) is 1. The Morgan fingerprint density at radius 3 is 2.91 bits per heavy atom. The van der Waals surface area contributed by atoms with Gasteiger partial charge >= 0.3 is 5.97 Å². The van der Waals surface area contributed by atoms with Gasteiger partial charge in [-0.15, -0.1) is 0 Å². The van der Waals surface area contributed by atoms with E-state index in [1.165, 1.54) is 0 Å². The number of hydrogen-bond acceptors (Lipinski definition) is 4. The standard InChI is InChI=1S/C17H23NO4/c1-16(2)21-12-10-17(22-16,14-7-6-11-18-13-14)9-5-3-4-8-15(19)20/h3,5-7,11,13H,4,8-10,12H2,1-2H3,(H,19,20). The molecule has 2 heterocycles. The van der Waals surface area contributed by atoms with Crippen LogP contribution >= 0.6 is 0 Å². The Balaban J connectivity index is 2.14. The fourth-order valence-electron chi connectivity index (χ4n) is 2.71. The summed E-state index contributed by atoms with van der Waals surface area (Å²) in [4.78, 5) is 14.7. The van der Waals surface area contributed by atoms with Crippen LogP contribution in [0, 0.1) is 0 Å². The highest BCUT2D eigenvalue weighted by atomic mass is 16.7. The molecule has 0 aliphatic carbocycles. The van der Waals surface area contributed by atoms with Crippen molar-refractivity contribution in [2.24, 2.45) is 0 Å². The van der Waals surface area contributed by atoms with Crippen LogP contribution in [-0.4, -0.2) is 28.5 Å². The van der Waals surface area contributed by atoms with Crippen LogP contribution in [0.15, 0.2) is 36.7 Å². The van der Waals surface area contributed by atoms with Crippen LogP contribution < -0.4 is 0 Å². The van der Waals surface area contributed by atoms with Crippen molar-refractivity contribution in [2.75, 3.05) is 6.61 Å². The van der Waals surface area contributed by atoms with Gasteiger partial charge < -0.3 is 14.6 Å². The molecule has 1 saturated heterocycles. The van der Waals surface area contributed by atoms with Gasteiger partial charge in [0.2, 0.25) is 0 Å². The van der Waals surface area contributed by atoms with Crippen molar-refractivity contribution in [3.8, 4) is 0 Å². The van der Waals surface area contributed by atoms with Crippen LogP contribution in [0.5, 0.6) is 0 Å². The number of rotatable bonds is 6. The van der Waals surface area contributed by atoms with Crippen LogP contribution in [0.25, 0.3) is 0 Å². The highest BCUT2D eigenvalue weighted by Crippen LogP contribution is 2.41. The molecule has 2 rings (SSSR count). The molecule has 0 spiro atoms. The molecule has 0 radical (unpaired) electrons. The molecule has 5 nitrogen and oxygen atoms in total. The highest BCUT2D eigenvalue weighted by molar-refractivity contribution is 5.66. The molecule has 120 valence electrons. The summed E-state index contributed by atoms with van der Waals surface area (Å²) in [6, 6.07) is 3.91. The number of aromatic nitrogens is 1. The molecule has 1 fully saturated rings. The first-order chi connectivity index (χ1) is 10.4. The van der Waals surface area contributed by atoms with Gasteiger partial charge in [-0.2, -0.15) is 0 Å². The van der Waals surface area contributed by atoms with Gasteiger partial charge in [-0.1, -0.05) is 18.2 Å². The maximum absolute atomic E-state index is 10.6. The van der Waals surface area contributed by atoms with Crippen molar-refractivity contribution in [1.29, 1.82) is 0 Å². The Morgan fingerprint density at radius 1 is 1.45 bits per heavy atom. The summed E-state index contributed by atoms with van der Waals surface area (Å²) in [5.41, 5.74) is 0.546. The van der Waals surface area contributed by atoms with Gasteiger partial charge in [0.1, 0.15) is 5.60 Å². The normalized spacial score (nSPS) is 24.5. The van der Waals surface area contributed by atoms with Crippen molar-refractivity contribution in [3.05, 3.63) is 42.2 Å². The lowest BCUT2D eigenvalue weighted by Gasteiger charge is -2.45. The molecule has 1 atom stereocenters. The third-order valence-electron chi connectivity index (χ3n) is 3.72. The minimum atomic E-state index is -0.782. The minimum Gasteiger partial charge on any atom is -0.481 e. The minimum absolute atomic E-state index is 0.145. The van der Waals surface area contributed by atoms with Gasteiger partial charge in [0.15, 0.2) is 5.79 Å². The monoisotopic (exact) mass is 305 g/mol. The maximum atomic E-state index is 10.6. The van der Waals surface area contributed by atoms with Crippen molar-refractivity contribution in [1.82, 2.24) is 4.98 Å². The number of aliphatic carboxylic acids is 1. The summed E-state index contributed by atoms with van der Waals surface area (Å²) in [6.07, 6.45) is 9.55. The summed E-state index contributed by atoms with van der Waals surface area (Å²) in [5, 5.41) is 8.68. The molecule has 5 heteroatoms. The lowest BCUT2D eigenvalue weighted by atomic mass is 9.86. The summed E-state index contributed by atoms with van der Waals surface area (Å²) in [7, 11) is 0. The SMILES string of the molecule is CC1(C)OCCC(CC=CCCC(=O)O)(c2cccnc2)O1. The van der Waals surface area contributed by atoms with E-state index in [1.807, 2.05) is 44.3 Å². The van der Waals surface area contributed by atoms with E-state index in [-0.39, 0.29) is 6.42 Å². The average molecular weight is 305 g/mol. The van der Waals surface area contributed by atoms with E-state index in [4.69, 9.17) is 14.6 Å². The quantitative estimate of drug-likeness (QED) is 0.817. The van der Waals surface area contributed by atoms with Crippen LogP contribution in [-0.2, 0) is 19.9 Å². The van der Waals surface area contributed by atoms with Crippen molar-refractivity contribution >= 4 is 5.97 Å². The van der Waals surface area contributed by atoms with Gasteiger partial charge in [0.05, 0.1) is 6.61 Å². The first-order valence-electron chi connectivity index (χ1n) is 7.55. The zero-order chi connectivity index (χ0) is 16.1. The van der Waals surface area contributed by atoms with Crippen molar-refractivity contribution in [2.45, 2.75) is 50.9 Å². The Morgan fingerprint density at radius 2 is 2.27 bits per heavy atom. The molecule has 1 unspecified atom stereocenters. The number of allylic oxidation sites excluding steroid dienone is 1. The van der Waals surface area contributed by atoms with E-state index < -0.39 is 17.4 Å². The van der Waals surface area contributed by atoms with Gasteiger partial charge in [-0.25, -0.2) is 0 Å². The number of ether oxygens (including phenoxy) is 2. The number of pyridine rings is 1. The predicted octanol–water partition coefficient (Wildman–Crippen LogP) is 3.26. The smallest absolute Gasteiger partial charge is 0.303 e. The van der Waals surface area contributed by atoms with E-state index >= 15 is 0 Å². The maximum Gasteiger partial charge on any atom is 0.303 e. The fraction of sp³-hybridized carbons (Fsp3) is 0.529. The molecule has 1 aliphatic heterocycles. The topological polar surface area (TPSA) is 68.7 Å². The Labute approximate surface area is 131 Å². The van der Waals surface area contributed by atoms with Gasteiger partial charge in [-0.3, -0.25) is 9.78 Å². The Bertz CT molecular complexity index is 527. The van der Waals surface area contributed by atoms with Crippen molar-refractivity contribution < 1.29 is 19.4 Å². The van der Waals surface area contributed by atoms with Crippen molar-refractivity contribution in [3.63, 3.8) is 0 Å². The number of carboxylic acid groups (broad SMARTS) is 1. The Hall–Kier alpha value is -1.72. The first-order valence-corrected chi connectivity index (χ1v) is 7.55. The predicted molar refractivity (Wildman–Crippen MR) is 82.3 cm³/mol. The third kappa shape index (κ3) is 4.39. The van der Waals surface area contributed by atoms with E-state index in [9.17, 15) is 4.79 Å². The molecule has 1 aliphatic rings. The zero-order valence-corrected chi connectivity index (χ0v) is 13.1. The molecule has 0 saturated carbocycles. The molecule has 1 N–H and O–H groups in total. The second-order valence-electron chi connectivity index (χ2n) is 5.94. The molecule has 1 aromatic rings. The lowest BCUT2D eigenvalue weighted by molar-refractivity contribution is -0.314. The molecule has 22 heavy (non-hydrogen) atoms. The highest BCUT2D eigenvalue weighted by Gasteiger charge is 2.42. The molecule has 0 bridgehead atoms. The van der Waals surface area contributed by atoms with Crippen LogP contribution in [0.2, 0.25) is 0 Å². The van der Waals surface area contributed by atoms with Gasteiger partial charge in [-0.05, 0) is 32.8 Å².